The van der Waals surface area contributed by atoms with Crippen molar-refractivity contribution < 1.29 is 27.5 Å². The molecule has 0 saturated carbocycles. The molecule has 36 heavy (non-hydrogen) atoms. The normalized spacial score (nSPS) is 12.1. The fourth-order valence-corrected chi connectivity index (χ4v) is 4.55. The number of ether oxygens (including phenoxy) is 2. The molecule has 0 radical (unpaired) electrons. The number of hydrogen-bond donors (Lipinski definition) is 1. The molecule has 0 unspecified atom stereocenters. The lowest BCUT2D eigenvalue weighted by Crippen LogP contribution is -2.52. The molecule has 1 atom stereocenters. The van der Waals surface area contributed by atoms with Crippen LogP contribution in [0.15, 0.2) is 48.5 Å². The number of anilines is 1. The second kappa shape index (κ2) is 13.2. The van der Waals surface area contributed by atoms with Gasteiger partial charge in [0, 0.05) is 19.2 Å². The van der Waals surface area contributed by atoms with Crippen LogP contribution in [0.3, 0.4) is 0 Å². The van der Waals surface area contributed by atoms with E-state index in [1.165, 1.54) is 25.2 Å². The van der Waals surface area contributed by atoms with Gasteiger partial charge in [-0.1, -0.05) is 51.1 Å². The standard InChI is InChI=1S/C26H37N3O6S/c1-7-22(26(31)27-16-19(2)3)28(17-20-11-9-8-10-12-20)25(30)18-29(36(6,32)33)23-15-21(34-4)13-14-24(23)35-5/h8-15,19,22H,7,16-18H2,1-6H3,(H,27,31)/t22-/m0/s1. The predicted molar refractivity (Wildman–Crippen MR) is 141 cm³/mol. The van der Waals surface area contributed by atoms with Gasteiger partial charge in [-0.25, -0.2) is 8.42 Å². The fraction of sp³-hybridized carbons (Fsp3) is 0.462. The molecule has 0 heterocycles. The minimum Gasteiger partial charge on any atom is -0.497 e. The van der Waals surface area contributed by atoms with Crippen molar-refractivity contribution >= 4 is 27.5 Å². The van der Waals surface area contributed by atoms with Crippen LogP contribution in [0.25, 0.3) is 0 Å². The van der Waals surface area contributed by atoms with Crippen molar-refractivity contribution in [2.24, 2.45) is 5.92 Å². The van der Waals surface area contributed by atoms with Gasteiger partial charge in [0.15, 0.2) is 0 Å². The van der Waals surface area contributed by atoms with E-state index in [1.807, 2.05) is 51.1 Å². The molecule has 0 aromatic heterocycles. The smallest absolute Gasteiger partial charge is 0.244 e. The van der Waals surface area contributed by atoms with Crippen molar-refractivity contribution in [2.75, 3.05) is 37.9 Å². The largest absolute Gasteiger partial charge is 0.497 e. The molecule has 2 aromatic rings. The summed E-state index contributed by atoms with van der Waals surface area (Å²) in [4.78, 5) is 28.3. The quantitative estimate of drug-likeness (QED) is 0.436. The van der Waals surface area contributed by atoms with E-state index >= 15 is 0 Å². The Labute approximate surface area is 214 Å². The lowest BCUT2D eigenvalue weighted by atomic mass is 10.1. The Morgan fingerprint density at radius 2 is 1.69 bits per heavy atom. The van der Waals surface area contributed by atoms with Crippen molar-refractivity contribution in [3.05, 3.63) is 54.1 Å². The molecule has 0 fully saturated rings. The molecule has 0 aliphatic rings. The third-order valence-electron chi connectivity index (χ3n) is 5.60. The van der Waals surface area contributed by atoms with Crippen molar-refractivity contribution in [3.63, 3.8) is 0 Å². The summed E-state index contributed by atoms with van der Waals surface area (Å²) in [5.41, 5.74) is 0.996. The number of methoxy groups -OCH3 is 2. The molecular weight excluding hydrogens is 482 g/mol. The topological polar surface area (TPSA) is 105 Å². The third-order valence-corrected chi connectivity index (χ3v) is 6.73. The van der Waals surface area contributed by atoms with Gasteiger partial charge in [-0.15, -0.1) is 0 Å². The van der Waals surface area contributed by atoms with Crippen LogP contribution >= 0.6 is 0 Å². The monoisotopic (exact) mass is 519 g/mol. The SMILES string of the molecule is CC[C@@H](C(=O)NCC(C)C)N(Cc1ccccc1)C(=O)CN(c1cc(OC)ccc1OC)S(C)(=O)=O. The van der Waals surface area contributed by atoms with Gasteiger partial charge >= 0.3 is 0 Å². The number of sulfonamides is 1. The zero-order chi connectivity index (χ0) is 26.9. The van der Waals surface area contributed by atoms with Crippen LogP contribution in [0, 0.1) is 5.92 Å². The van der Waals surface area contributed by atoms with E-state index < -0.39 is 28.5 Å². The van der Waals surface area contributed by atoms with E-state index in [2.05, 4.69) is 5.32 Å². The van der Waals surface area contributed by atoms with Crippen LogP contribution in [-0.2, 0) is 26.2 Å². The molecule has 2 amide bonds. The average molecular weight is 520 g/mol. The Kier molecular flexibility index (Phi) is 10.6. The maximum absolute atomic E-state index is 13.7. The van der Waals surface area contributed by atoms with Gasteiger partial charge in [0.1, 0.15) is 24.1 Å². The van der Waals surface area contributed by atoms with Gasteiger partial charge in [-0.05, 0) is 30.0 Å². The summed E-state index contributed by atoms with van der Waals surface area (Å²) >= 11 is 0. The summed E-state index contributed by atoms with van der Waals surface area (Å²) < 4.78 is 37.3. The Hall–Kier alpha value is -3.27. The van der Waals surface area contributed by atoms with Gasteiger partial charge in [0.25, 0.3) is 0 Å². The highest BCUT2D eigenvalue weighted by atomic mass is 32.2. The van der Waals surface area contributed by atoms with Crippen molar-refractivity contribution in [3.8, 4) is 11.5 Å². The number of benzene rings is 2. The van der Waals surface area contributed by atoms with E-state index in [-0.39, 0.29) is 29.8 Å². The van der Waals surface area contributed by atoms with E-state index in [1.54, 1.807) is 12.1 Å². The molecule has 10 heteroatoms. The van der Waals surface area contributed by atoms with Crippen LogP contribution in [0.4, 0.5) is 5.69 Å². The lowest BCUT2D eigenvalue weighted by Gasteiger charge is -2.33. The Morgan fingerprint density at radius 3 is 2.22 bits per heavy atom. The van der Waals surface area contributed by atoms with Crippen LogP contribution < -0.4 is 19.1 Å². The van der Waals surface area contributed by atoms with E-state index in [4.69, 9.17) is 9.47 Å². The number of amides is 2. The summed E-state index contributed by atoms with van der Waals surface area (Å²) in [6.07, 6.45) is 1.39. The van der Waals surface area contributed by atoms with E-state index in [9.17, 15) is 18.0 Å². The molecule has 0 bridgehead atoms. The zero-order valence-electron chi connectivity index (χ0n) is 21.9. The molecule has 0 aliphatic heterocycles. The van der Waals surface area contributed by atoms with Gasteiger partial charge < -0.3 is 19.7 Å². The maximum Gasteiger partial charge on any atom is 0.244 e. The number of hydrogen-bond acceptors (Lipinski definition) is 6. The Bertz CT molecular complexity index is 1120. The zero-order valence-corrected chi connectivity index (χ0v) is 22.7. The Morgan fingerprint density at radius 1 is 1.03 bits per heavy atom. The first-order valence-corrected chi connectivity index (χ1v) is 13.7. The maximum atomic E-state index is 13.7. The lowest BCUT2D eigenvalue weighted by molar-refractivity contribution is -0.140. The average Bonchev–Trinajstić information content (AvgIpc) is 2.85. The molecule has 2 aromatic carbocycles. The summed E-state index contributed by atoms with van der Waals surface area (Å²) in [5, 5.41) is 2.90. The number of nitrogens with one attached hydrogen (secondary N) is 1. The minimum absolute atomic E-state index is 0.153. The molecule has 0 saturated heterocycles. The summed E-state index contributed by atoms with van der Waals surface area (Å²) in [7, 11) is -1.02. The van der Waals surface area contributed by atoms with Crippen molar-refractivity contribution in [1.82, 2.24) is 10.2 Å². The molecule has 0 aliphatic carbocycles. The first-order valence-electron chi connectivity index (χ1n) is 11.8. The second-order valence-electron chi connectivity index (χ2n) is 8.88. The number of rotatable bonds is 13. The van der Waals surface area contributed by atoms with Crippen molar-refractivity contribution in [1.29, 1.82) is 0 Å². The van der Waals surface area contributed by atoms with Crippen LogP contribution in [0.2, 0.25) is 0 Å². The molecular formula is C26H37N3O6S. The molecule has 9 nitrogen and oxygen atoms in total. The van der Waals surface area contributed by atoms with Gasteiger partial charge in [0.2, 0.25) is 21.8 Å². The minimum atomic E-state index is -3.90. The second-order valence-corrected chi connectivity index (χ2v) is 10.8. The fourth-order valence-electron chi connectivity index (χ4n) is 3.71. The van der Waals surface area contributed by atoms with Crippen LogP contribution in [0.5, 0.6) is 11.5 Å². The highest BCUT2D eigenvalue weighted by Gasteiger charge is 2.32. The Balaban J connectivity index is 2.48. The molecule has 0 spiro atoms. The van der Waals surface area contributed by atoms with E-state index in [0.717, 1.165) is 16.1 Å². The van der Waals surface area contributed by atoms with Crippen molar-refractivity contribution in [2.45, 2.75) is 39.8 Å². The summed E-state index contributed by atoms with van der Waals surface area (Å²) in [6.45, 7) is 5.91. The first-order chi connectivity index (χ1) is 17.0. The summed E-state index contributed by atoms with van der Waals surface area (Å²) in [6, 6.07) is 13.2. The van der Waals surface area contributed by atoms with Gasteiger partial charge in [-0.2, -0.15) is 0 Å². The predicted octanol–water partition coefficient (Wildman–Crippen LogP) is 3.05. The van der Waals surface area contributed by atoms with Gasteiger partial charge in [0.05, 0.1) is 26.2 Å². The van der Waals surface area contributed by atoms with Crippen LogP contribution in [0.1, 0.15) is 32.8 Å². The molecule has 2 rings (SSSR count). The molecule has 198 valence electrons. The highest BCUT2D eigenvalue weighted by molar-refractivity contribution is 7.92. The first kappa shape index (κ1) is 29.0. The number of nitrogens with zero attached hydrogens (tertiary/aromatic N) is 2. The summed E-state index contributed by atoms with van der Waals surface area (Å²) in [5.74, 6) is 0.130. The van der Waals surface area contributed by atoms with Gasteiger partial charge in [-0.3, -0.25) is 13.9 Å². The van der Waals surface area contributed by atoms with E-state index in [0.29, 0.717) is 18.7 Å². The number of carbonyl (C=O) groups is 2. The third kappa shape index (κ3) is 7.87. The van der Waals surface area contributed by atoms with Crippen LogP contribution in [-0.4, -0.2) is 64.7 Å². The highest BCUT2D eigenvalue weighted by Crippen LogP contribution is 2.34. The molecule has 1 N–H and O–H groups in total. The number of carbonyl (C=O) groups excluding carboxylic acids is 2.